The Bertz CT molecular complexity index is 983. The van der Waals surface area contributed by atoms with E-state index in [1.165, 1.54) is 21.3 Å². The number of aromatic nitrogens is 1. The van der Waals surface area contributed by atoms with Gasteiger partial charge in [0.05, 0.1) is 32.4 Å². The number of hydrogen-bond acceptors (Lipinski definition) is 5. The van der Waals surface area contributed by atoms with Crippen molar-refractivity contribution in [2.75, 3.05) is 27.1 Å². The summed E-state index contributed by atoms with van der Waals surface area (Å²) in [5.41, 5.74) is 7.94. The number of nitrogens with two attached hydrogens (primary N) is 1. The average molecular weight is 340 g/mol. The first kappa shape index (κ1) is 16.7. The number of fused-ring (bicyclic) bond motifs is 1. The molecule has 0 radical (unpaired) electrons. The second kappa shape index (κ2) is 6.39. The Morgan fingerprint density at radius 3 is 2.12 bits per heavy atom. The Hall–Kier alpha value is -3.15. The molecule has 1 aromatic heterocycles. The molecule has 0 aliphatic heterocycles. The molecular formula is C19H20N2O4. The molecule has 0 amide bonds. The molecule has 0 atom stereocenters. The largest absolute Gasteiger partial charge is 0.493 e. The topological polar surface area (TPSA) is 75.7 Å². The number of methoxy groups -OCH3 is 3. The molecular weight excluding hydrogens is 320 g/mol. The SMILES string of the molecule is COc1cc(-c2c(N)n(C)c3ccccc3c2=O)cc(OC)c1OC. The van der Waals surface area contributed by atoms with Gasteiger partial charge in [-0.15, -0.1) is 0 Å². The number of para-hydroxylation sites is 1. The molecule has 0 saturated carbocycles. The van der Waals surface area contributed by atoms with Gasteiger partial charge in [-0.05, 0) is 29.8 Å². The number of aryl methyl sites for hydroxylation is 1. The van der Waals surface area contributed by atoms with Crippen molar-refractivity contribution in [1.29, 1.82) is 0 Å². The van der Waals surface area contributed by atoms with Crippen molar-refractivity contribution in [2.45, 2.75) is 0 Å². The summed E-state index contributed by atoms with van der Waals surface area (Å²) in [5.74, 6) is 1.76. The highest BCUT2D eigenvalue weighted by Crippen LogP contribution is 2.41. The minimum atomic E-state index is -0.138. The van der Waals surface area contributed by atoms with Crippen molar-refractivity contribution in [2.24, 2.45) is 7.05 Å². The maximum atomic E-state index is 13.0. The number of hydrogen-bond donors (Lipinski definition) is 1. The van der Waals surface area contributed by atoms with Crippen LogP contribution < -0.4 is 25.4 Å². The molecule has 3 aromatic rings. The van der Waals surface area contributed by atoms with Crippen molar-refractivity contribution in [3.05, 3.63) is 46.6 Å². The highest BCUT2D eigenvalue weighted by Gasteiger charge is 2.19. The van der Waals surface area contributed by atoms with E-state index in [1.54, 1.807) is 22.8 Å². The molecule has 6 heteroatoms. The minimum Gasteiger partial charge on any atom is -0.493 e. The molecule has 0 bridgehead atoms. The third kappa shape index (κ3) is 2.55. The summed E-state index contributed by atoms with van der Waals surface area (Å²) in [6, 6.07) is 10.8. The van der Waals surface area contributed by atoms with Gasteiger partial charge in [0, 0.05) is 12.4 Å². The van der Waals surface area contributed by atoms with Gasteiger partial charge in [0.15, 0.2) is 16.9 Å². The Labute approximate surface area is 145 Å². The van der Waals surface area contributed by atoms with Crippen LogP contribution in [0, 0.1) is 0 Å². The van der Waals surface area contributed by atoms with E-state index < -0.39 is 0 Å². The van der Waals surface area contributed by atoms with Crippen LogP contribution in [-0.4, -0.2) is 25.9 Å². The number of benzene rings is 2. The minimum absolute atomic E-state index is 0.138. The van der Waals surface area contributed by atoms with Gasteiger partial charge in [0.25, 0.3) is 0 Å². The van der Waals surface area contributed by atoms with E-state index in [0.29, 0.717) is 39.6 Å². The Kier molecular flexibility index (Phi) is 4.27. The van der Waals surface area contributed by atoms with Crippen LogP contribution in [-0.2, 0) is 7.05 Å². The molecule has 2 aromatic carbocycles. The van der Waals surface area contributed by atoms with Crippen LogP contribution in [0.15, 0.2) is 41.2 Å². The van der Waals surface area contributed by atoms with E-state index in [9.17, 15) is 4.79 Å². The molecule has 130 valence electrons. The third-order valence-electron chi connectivity index (χ3n) is 4.31. The summed E-state index contributed by atoms with van der Waals surface area (Å²) in [6.45, 7) is 0. The van der Waals surface area contributed by atoms with E-state index in [1.807, 2.05) is 25.2 Å². The van der Waals surface area contributed by atoms with Crippen LogP contribution in [0.4, 0.5) is 5.82 Å². The van der Waals surface area contributed by atoms with E-state index in [2.05, 4.69) is 0 Å². The van der Waals surface area contributed by atoms with Crippen LogP contribution in [0.2, 0.25) is 0 Å². The van der Waals surface area contributed by atoms with Crippen LogP contribution in [0.5, 0.6) is 17.2 Å². The molecule has 0 aliphatic carbocycles. The van der Waals surface area contributed by atoms with Crippen molar-refractivity contribution in [3.8, 4) is 28.4 Å². The lowest BCUT2D eigenvalue weighted by Gasteiger charge is -2.17. The van der Waals surface area contributed by atoms with Gasteiger partial charge < -0.3 is 24.5 Å². The number of pyridine rings is 1. The predicted molar refractivity (Wildman–Crippen MR) is 98.7 cm³/mol. The molecule has 1 heterocycles. The van der Waals surface area contributed by atoms with Crippen LogP contribution in [0.1, 0.15) is 0 Å². The normalized spacial score (nSPS) is 10.7. The maximum Gasteiger partial charge on any atom is 0.203 e. The zero-order valence-corrected chi connectivity index (χ0v) is 14.6. The summed E-state index contributed by atoms with van der Waals surface area (Å²) in [7, 11) is 6.42. The molecule has 6 nitrogen and oxygen atoms in total. The van der Waals surface area contributed by atoms with E-state index >= 15 is 0 Å². The van der Waals surface area contributed by atoms with Gasteiger partial charge in [-0.2, -0.15) is 0 Å². The molecule has 0 unspecified atom stereocenters. The second-order valence-corrected chi connectivity index (χ2v) is 5.58. The molecule has 2 N–H and O–H groups in total. The average Bonchev–Trinajstić information content (AvgIpc) is 2.65. The lowest BCUT2D eigenvalue weighted by molar-refractivity contribution is 0.324. The molecule has 25 heavy (non-hydrogen) atoms. The zero-order valence-electron chi connectivity index (χ0n) is 14.6. The standard InChI is InChI=1S/C19H20N2O4/c1-21-13-8-6-5-7-12(13)17(22)16(19(21)20)11-9-14(23-2)18(25-4)15(10-11)24-3/h5-10H,20H2,1-4H3. The Morgan fingerprint density at radius 1 is 0.960 bits per heavy atom. The third-order valence-corrected chi connectivity index (χ3v) is 4.31. The first-order valence-corrected chi connectivity index (χ1v) is 7.71. The molecule has 0 saturated heterocycles. The van der Waals surface area contributed by atoms with Gasteiger partial charge in [0.1, 0.15) is 5.82 Å². The van der Waals surface area contributed by atoms with Crippen molar-refractivity contribution in [3.63, 3.8) is 0 Å². The predicted octanol–water partition coefficient (Wildman–Crippen LogP) is 2.81. The van der Waals surface area contributed by atoms with Crippen LogP contribution >= 0.6 is 0 Å². The quantitative estimate of drug-likeness (QED) is 0.790. The monoisotopic (exact) mass is 340 g/mol. The van der Waals surface area contributed by atoms with E-state index in [-0.39, 0.29) is 5.43 Å². The summed E-state index contributed by atoms with van der Waals surface area (Å²) in [6.07, 6.45) is 0. The maximum absolute atomic E-state index is 13.0. The summed E-state index contributed by atoms with van der Waals surface area (Å²) in [4.78, 5) is 13.0. The van der Waals surface area contributed by atoms with Gasteiger partial charge in [-0.1, -0.05) is 12.1 Å². The molecule has 3 rings (SSSR count). The molecule has 0 aliphatic rings. The fourth-order valence-electron chi connectivity index (χ4n) is 3.01. The number of ether oxygens (including phenoxy) is 3. The van der Waals surface area contributed by atoms with Gasteiger partial charge in [-0.25, -0.2) is 0 Å². The Morgan fingerprint density at radius 2 is 1.56 bits per heavy atom. The summed E-state index contributed by atoms with van der Waals surface area (Å²) in [5, 5.41) is 0.600. The highest BCUT2D eigenvalue weighted by atomic mass is 16.5. The smallest absolute Gasteiger partial charge is 0.203 e. The fourth-order valence-corrected chi connectivity index (χ4v) is 3.01. The van der Waals surface area contributed by atoms with Gasteiger partial charge >= 0.3 is 0 Å². The van der Waals surface area contributed by atoms with Gasteiger partial charge in [-0.3, -0.25) is 4.79 Å². The van der Waals surface area contributed by atoms with E-state index in [0.717, 1.165) is 5.52 Å². The van der Waals surface area contributed by atoms with Crippen LogP contribution in [0.25, 0.3) is 22.0 Å². The van der Waals surface area contributed by atoms with Gasteiger partial charge in [0.2, 0.25) is 5.75 Å². The van der Waals surface area contributed by atoms with E-state index in [4.69, 9.17) is 19.9 Å². The number of rotatable bonds is 4. The molecule has 0 spiro atoms. The van der Waals surface area contributed by atoms with Crippen molar-refractivity contribution < 1.29 is 14.2 Å². The number of anilines is 1. The first-order valence-electron chi connectivity index (χ1n) is 7.71. The van der Waals surface area contributed by atoms with Crippen molar-refractivity contribution >= 4 is 16.7 Å². The number of nitrogen functional groups attached to an aromatic ring is 1. The summed E-state index contributed by atoms with van der Waals surface area (Å²) < 4.78 is 17.9. The Balaban J connectivity index is 2.39. The molecule has 0 fully saturated rings. The number of nitrogens with zero attached hydrogens (tertiary/aromatic N) is 1. The first-order chi connectivity index (χ1) is 12.0. The highest BCUT2D eigenvalue weighted by molar-refractivity contribution is 5.90. The second-order valence-electron chi connectivity index (χ2n) is 5.58. The zero-order chi connectivity index (χ0) is 18.1. The lowest BCUT2D eigenvalue weighted by Crippen LogP contribution is -2.15. The summed E-state index contributed by atoms with van der Waals surface area (Å²) >= 11 is 0. The van der Waals surface area contributed by atoms with Crippen LogP contribution in [0.3, 0.4) is 0 Å². The van der Waals surface area contributed by atoms with Crippen molar-refractivity contribution in [1.82, 2.24) is 4.57 Å². The fraction of sp³-hybridized carbons (Fsp3) is 0.211. The lowest BCUT2D eigenvalue weighted by atomic mass is 10.0.